The Hall–Kier alpha value is -0.630. The average molecular weight is 162 g/mol. The lowest BCUT2D eigenvalue weighted by atomic mass is 10.2. The highest BCUT2D eigenvalue weighted by atomic mass is 35.5. The molecule has 3 heteroatoms. The lowest BCUT2D eigenvalue weighted by Gasteiger charge is -1.96. The maximum atomic E-state index is 11.9. The average Bonchev–Trinajstić information content (AvgIpc) is 1.88. The van der Waals surface area contributed by atoms with Crippen molar-refractivity contribution in [2.24, 2.45) is 0 Å². The lowest BCUT2D eigenvalue weighted by molar-refractivity contribution is 0.151. The molecule has 0 saturated heterocycles. The van der Waals surface area contributed by atoms with Crippen LogP contribution in [0.3, 0.4) is 0 Å². The monoisotopic (exact) mass is 161 g/mol. The standard InChI is InChI=1S/C7H4ClF2/c8-6-3-1-2-5(4-6)7(9)10/h2-4,7H. The van der Waals surface area contributed by atoms with E-state index >= 15 is 0 Å². The molecule has 0 atom stereocenters. The first kappa shape index (κ1) is 7.48. The van der Waals surface area contributed by atoms with Crippen LogP contribution in [-0.4, -0.2) is 0 Å². The zero-order valence-corrected chi connectivity index (χ0v) is 5.70. The van der Waals surface area contributed by atoms with Gasteiger partial charge in [-0.3, -0.25) is 0 Å². The van der Waals surface area contributed by atoms with Crippen LogP contribution in [0.25, 0.3) is 0 Å². The van der Waals surface area contributed by atoms with Crippen molar-refractivity contribution in [2.45, 2.75) is 6.43 Å². The van der Waals surface area contributed by atoms with Gasteiger partial charge < -0.3 is 0 Å². The van der Waals surface area contributed by atoms with Gasteiger partial charge in [0.25, 0.3) is 6.43 Å². The zero-order chi connectivity index (χ0) is 7.56. The molecule has 53 valence electrons. The Morgan fingerprint density at radius 1 is 1.40 bits per heavy atom. The van der Waals surface area contributed by atoms with Crippen molar-refractivity contribution in [3.05, 3.63) is 34.9 Å². The van der Waals surface area contributed by atoms with Crippen molar-refractivity contribution in [1.29, 1.82) is 0 Å². The maximum Gasteiger partial charge on any atom is 0.263 e. The second-order valence-electron chi connectivity index (χ2n) is 1.79. The minimum Gasteiger partial charge on any atom is -0.205 e. The fourth-order valence-electron chi connectivity index (χ4n) is 0.586. The van der Waals surface area contributed by atoms with Crippen LogP contribution < -0.4 is 0 Å². The van der Waals surface area contributed by atoms with Crippen LogP contribution in [0, 0.1) is 6.07 Å². The molecule has 0 spiro atoms. The summed E-state index contributed by atoms with van der Waals surface area (Å²) in [5, 5.41) is 0.290. The van der Waals surface area contributed by atoms with Crippen LogP contribution in [-0.2, 0) is 0 Å². The predicted octanol–water partition coefficient (Wildman–Crippen LogP) is 3.08. The number of hydrogen-bond donors (Lipinski definition) is 0. The Morgan fingerprint density at radius 2 is 2.10 bits per heavy atom. The molecule has 0 bridgehead atoms. The van der Waals surface area contributed by atoms with Gasteiger partial charge in [-0.1, -0.05) is 11.6 Å². The summed E-state index contributed by atoms with van der Waals surface area (Å²) in [6.45, 7) is 0. The largest absolute Gasteiger partial charge is 0.263 e. The number of halogens is 3. The third-order valence-electron chi connectivity index (χ3n) is 1.03. The van der Waals surface area contributed by atoms with E-state index in [0.29, 0.717) is 0 Å². The number of benzene rings is 1. The van der Waals surface area contributed by atoms with Gasteiger partial charge in [0, 0.05) is 10.6 Å². The van der Waals surface area contributed by atoms with E-state index in [1.54, 1.807) is 0 Å². The zero-order valence-electron chi connectivity index (χ0n) is 4.94. The Labute approximate surface area is 62.4 Å². The predicted molar refractivity (Wildman–Crippen MR) is 35.2 cm³/mol. The van der Waals surface area contributed by atoms with E-state index in [2.05, 4.69) is 6.07 Å². The SMILES string of the molecule is FC(F)c1c[c]cc(Cl)c1. The van der Waals surface area contributed by atoms with Crippen LogP contribution in [0.1, 0.15) is 12.0 Å². The van der Waals surface area contributed by atoms with Crippen molar-refractivity contribution >= 4 is 11.6 Å². The molecule has 0 aliphatic rings. The second-order valence-corrected chi connectivity index (χ2v) is 2.22. The first-order chi connectivity index (χ1) is 4.70. The topological polar surface area (TPSA) is 0 Å². The minimum atomic E-state index is -2.46. The molecule has 1 radical (unpaired) electrons. The highest BCUT2D eigenvalue weighted by molar-refractivity contribution is 6.30. The van der Waals surface area contributed by atoms with E-state index in [4.69, 9.17) is 11.6 Å². The molecule has 0 unspecified atom stereocenters. The fraction of sp³-hybridized carbons (Fsp3) is 0.143. The molecule has 10 heavy (non-hydrogen) atoms. The summed E-state index contributed by atoms with van der Waals surface area (Å²) in [6, 6.07) is 6.38. The molecule has 0 fully saturated rings. The molecule has 1 rings (SSSR count). The Kier molecular flexibility index (Phi) is 2.22. The van der Waals surface area contributed by atoms with Gasteiger partial charge >= 0.3 is 0 Å². The van der Waals surface area contributed by atoms with E-state index in [-0.39, 0.29) is 10.6 Å². The lowest BCUT2D eigenvalue weighted by Crippen LogP contribution is -1.81. The highest BCUT2D eigenvalue weighted by Crippen LogP contribution is 2.20. The molecule has 0 heterocycles. The third kappa shape index (κ3) is 1.67. The van der Waals surface area contributed by atoms with Crippen LogP contribution in [0.4, 0.5) is 8.78 Å². The second kappa shape index (κ2) is 2.97. The fourth-order valence-corrected chi connectivity index (χ4v) is 0.775. The molecule has 0 amide bonds. The summed E-state index contributed by atoms with van der Waals surface area (Å²) in [6.07, 6.45) is -2.46. The molecule has 1 aromatic carbocycles. The van der Waals surface area contributed by atoms with Crippen molar-refractivity contribution < 1.29 is 8.78 Å². The molecule has 1 aromatic rings. The van der Waals surface area contributed by atoms with Crippen molar-refractivity contribution in [2.75, 3.05) is 0 Å². The van der Waals surface area contributed by atoms with E-state index < -0.39 is 6.43 Å². The molecule has 0 aromatic heterocycles. The van der Waals surface area contributed by atoms with Gasteiger partial charge in [-0.15, -0.1) is 0 Å². The van der Waals surface area contributed by atoms with Gasteiger partial charge in [0.05, 0.1) is 0 Å². The van der Waals surface area contributed by atoms with Gasteiger partial charge in [0.15, 0.2) is 0 Å². The first-order valence-corrected chi connectivity index (χ1v) is 3.02. The normalized spacial score (nSPS) is 10.4. The van der Waals surface area contributed by atoms with Crippen LogP contribution >= 0.6 is 11.6 Å². The van der Waals surface area contributed by atoms with Crippen molar-refractivity contribution in [3.8, 4) is 0 Å². The summed E-state index contributed by atoms with van der Waals surface area (Å²) < 4.78 is 23.7. The van der Waals surface area contributed by atoms with Gasteiger partial charge in [0.1, 0.15) is 0 Å². The van der Waals surface area contributed by atoms with Gasteiger partial charge in [-0.05, 0) is 24.3 Å². The van der Waals surface area contributed by atoms with Gasteiger partial charge in [-0.2, -0.15) is 0 Å². The molecule has 0 aliphatic carbocycles. The molecular formula is C7H4ClF2. The van der Waals surface area contributed by atoms with E-state index in [1.165, 1.54) is 18.2 Å². The van der Waals surface area contributed by atoms with Crippen molar-refractivity contribution in [3.63, 3.8) is 0 Å². The van der Waals surface area contributed by atoms with E-state index in [9.17, 15) is 8.78 Å². The first-order valence-electron chi connectivity index (χ1n) is 2.65. The van der Waals surface area contributed by atoms with E-state index in [0.717, 1.165) is 0 Å². The Balaban J connectivity index is 2.96. The van der Waals surface area contributed by atoms with Crippen LogP contribution in [0.2, 0.25) is 5.02 Å². The van der Waals surface area contributed by atoms with Crippen LogP contribution in [0.5, 0.6) is 0 Å². The van der Waals surface area contributed by atoms with Gasteiger partial charge in [0.2, 0.25) is 0 Å². The molecule has 0 saturated carbocycles. The quantitative estimate of drug-likeness (QED) is 0.594. The van der Waals surface area contributed by atoms with Gasteiger partial charge in [-0.25, -0.2) is 8.78 Å². The molecule has 0 aliphatic heterocycles. The van der Waals surface area contributed by atoms with Crippen LogP contribution in [0.15, 0.2) is 18.2 Å². The summed E-state index contributed by atoms with van der Waals surface area (Å²) >= 11 is 5.42. The third-order valence-corrected chi connectivity index (χ3v) is 1.25. The number of alkyl halides is 2. The smallest absolute Gasteiger partial charge is 0.205 e. The number of hydrogen-bond acceptors (Lipinski definition) is 0. The summed E-state index contributed by atoms with van der Waals surface area (Å²) in [7, 11) is 0. The van der Waals surface area contributed by atoms with Crippen molar-refractivity contribution in [1.82, 2.24) is 0 Å². The Morgan fingerprint density at radius 3 is 2.50 bits per heavy atom. The summed E-state index contributed by atoms with van der Waals surface area (Å²) in [4.78, 5) is 0. The molecular weight excluding hydrogens is 158 g/mol. The minimum absolute atomic E-state index is 0.0903. The Bertz CT molecular complexity index is 223. The highest BCUT2D eigenvalue weighted by Gasteiger charge is 2.05. The molecule has 0 nitrogen and oxygen atoms in total. The maximum absolute atomic E-state index is 11.9. The summed E-state index contributed by atoms with van der Waals surface area (Å²) in [5.74, 6) is 0. The summed E-state index contributed by atoms with van der Waals surface area (Å²) in [5.41, 5.74) is -0.0903. The molecule has 0 N–H and O–H groups in total. The number of rotatable bonds is 1. The van der Waals surface area contributed by atoms with E-state index in [1.807, 2.05) is 0 Å².